The number of aromatic nitrogens is 1. The van der Waals surface area contributed by atoms with Crippen LogP contribution < -0.4 is 5.32 Å². The van der Waals surface area contributed by atoms with Gasteiger partial charge in [-0.2, -0.15) is 0 Å². The van der Waals surface area contributed by atoms with Gasteiger partial charge in [0, 0.05) is 11.3 Å². The molecule has 3 heteroatoms. The maximum absolute atomic E-state index is 6.07. The summed E-state index contributed by atoms with van der Waals surface area (Å²) in [7, 11) is 0. The van der Waals surface area contributed by atoms with Crippen molar-refractivity contribution in [3.05, 3.63) is 17.8 Å². The number of oxazole rings is 1. The van der Waals surface area contributed by atoms with Crippen molar-refractivity contribution in [1.29, 1.82) is 0 Å². The molecule has 0 spiro atoms. The van der Waals surface area contributed by atoms with E-state index in [0.717, 1.165) is 37.6 Å². The van der Waals surface area contributed by atoms with Crippen LogP contribution in [-0.4, -0.2) is 18.1 Å². The molecule has 0 unspecified atom stereocenters. The second-order valence-corrected chi connectivity index (χ2v) is 5.85. The summed E-state index contributed by atoms with van der Waals surface area (Å²) < 4.78 is 6.07. The third-order valence-electron chi connectivity index (χ3n) is 4.51. The van der Waals surface area contributed by atoms with E-state index in [1.165, 1.54) is 25.7 Å². The zero-order valence-electron chi connectivity index (χ0n) is 10.7. The van der Waals surface area contributed by atoms with Gasteiger partial charge in [-0.15, -0.1) is 0 Å². The fourth-order valence-electron chi connectivity index (χ4n) is 3.23. The van der Waals surface area contributed by atoms with Gasteiger partial charge in [0.05, 0.1) is 6.20 Å². The molecule has 1 saturated heterocycles. The third-order valence-corrected chi connectivity index (χ3v) is 4.51. The van der Waals surface area contributed by atoms with Crippen LogP contribution in [0.5, 0.6) is 0 Å². The van der Waals surface area contributed by atoms with Crippen molar-refractivity contribution in [3.8, 4) is 0 Å². The van der Waals surface area contributed by atoms with Crippen LogP contribution in [0.3, 0.4) is 0 Å². The van der Waals surface area contributed by atoms with E-state index >= 15 is 0 Å². The second-order valence-electron chi connectivity index (χ2n) is 5.85. The van der Waals surface area contributed by atoms with Gasteiger partial charge in [0.25, 0.3) is 0 Å². The first kappa shape index (κ1) is 11.3. The lowest BCUT2D eigenvalue weighted by Gasteiger charge is -2.21. The molecule has 2 heterocycles. The molecule has 0 radical (unpaired) electrons. The van der Waals surface area contributed by atoms with Gasteiger partial charge >= 0.3 is 0 Å². The standard InChI is InChI=1S/C14H22N2O/c1-14(6-2-3-7-14)12-10-16-13(17-12)11-4-8-15-9-5-11/h10-11,15H,2-9H2,1H3. The Kier molecular flexibility index (Phi) is 2.95. The molecule has 3 nitrogen and oxygen atoms in total. The summed E-state index contributed by atoms with van der Waals surface area (Å²) in [6.07, 6.45) is 9.50. The first-order valence-corrected chi connectivity index (χ1v) is 6.95. The van der Waals surface area contributed by atoms with E-state index in [9.17, 15) is 0 Å². The van der Waals surface area contributed by atoms with Crippen molar-refractivity contribution < 1.29 is 4.42 Å². The molecule has 1 aromatic heterocycles. The second kappa shape index (κ2) is 4.45. The summed E-state index contributed by atoms with van der Waals surface area (Å²) in [5.74, 6) is 2.65. The normalized spacial score (nSPS) is 25.2. The smallest absolute Gasteiger partial charge is 0.197 e. The molecular formula is C14H22N2O. The van der Waals surface area contributed by atoms with Crippen LogP contribution >= 0.6 is 0 Å². The van der Waals surface area contributed by atoms with Crippen LogP contribution in [0, 0.1) is 0 Å². The van der Waals surface area contributed by atoms with E-state index < -0.39 is 0 Å². The van der Waals surface area contributed by atoms with E-state index in [0.29, 0.717) is 5.92 Å². The number of nitrogens with zero attached hydrogens (tertiary/aromatic N) is 1. The Morgan fingerprint density at radius 3 is 2.71 bits per heavy atom. The minimum atomic E-state index is 0.262. The predicted molar refractivity (Wildman–Crippen MR) is 67.2 cm³/mol. The zero-order chi connectivity index (χ0) is 11.7. The van der Waals surface area contributed by atoms with Gasteiger partial charge < -0.3 is 9.73 Å². The van der Waals surface area contributed by atoms with Crippen molar-refractivity contribution in [2.75, 3.05) is 13.1 Å². The summed E-state index contributed by atoms with van der Waals surface area (Å²) in [6, 6.07) is 0. The van der Waals surface area contributed by atoms with Gasteiger partial charge in [-0.05, 0) is 38.8 Å². The number of hydrogen-bond acceptors (Lipinski definition) is 3. The number of hydrogen-bond donors (Lipinski definition) is 1. The fraction of sp³-hybridized carbons (Fsp3) is 0.786. The van der Waals surface area contributed by atoms with Crippen molar-refractivity contribution in [1.82, 2.24) is 10.3 Å². The third kappa shape index (κ3) is 2.13. The van der Waals surface area contributed by atoms with Gasteiger partial charge in [-0.3, -0.25) is 0 Å². The minimum Gasteiger partial charge on any atom is -0.445 e. The summed E-state index contributed by atoms with van der Waals surface area (Å²) in [6.45, 7) is 4.52. The predicted octanol–water partition coefficient (Wildman–Crippen LogP) is 2.97. The molecule has 1 aromatic rings. The van der Waals surface area contributed by atoms with Gasteiger partial charge in [-0.25, -0.2) is 4.98 Å². The molecule has 0 aromatic carbocycles. The van der Waals surface area contributed by atoms with Gasteiger partial charge in [0.2, 0.25) is 0 Å². The molecule has 0 amide bonds. The van der Waals surface area contributed by atoms with Crippen molar-refractivity contribution in [2.24, 2.45) is 0 Å². The van der Waals surface area contributed by atoms with Crippen LogP contribution in [0.1, 0.15) is 63.0 Å². The molecule has 1 N–H and O–H groups in total. The van der Waals surface area contributed by atoms with Crippen molar-refractivity contribution in [2.45, 2.75) is 56.8 Å². The Balaban J connectivity index is 1.77. The van der Waals surface area contributed by atoms with Crippen molar-refractivity contribution >= 4 is 0 Å². The van der Waals surface area contributed by atoms with Crippen LogP contribution in [0.15, 0.2) is 10.6 Å². The Morgan fingerprint density at radius 1 is 1.29 bits per heavy atom. The van der Waals surface area contributed by atoms with Crippen LogP contribution in [0.2, 0.25) is 0 Å². The number of piperidine rings is 1. The SMILES string of the molecule is CC1(c2cnc(C3CCNCC3)o2)CCCC1. The van der Waals surface area contributed by atoms with E-state index in [4.69, 9.17) is 4.42 Å². The zero-order valence-corrected chi connectivity index (χ0v) is 10.7. The van der Waals surface area contributed by atoms with E-state index in [2.05, 4.69) is 17.2 Å². The molecule has 2 aliphatic rings. The molecule has 1 saturated carbocycles. The van der Waals surface area contributed by atoms with E-state index in [-0.39, 0.29) is 5.41 Å². The molecule has 1 aliphatic carbocycles. The average molecular weight is 234 g/mol. The lowest BCUT2D eigenvalue weighted by molar-refractivity contribution is 0.315. The molecule has 1 aliphatic heterocycles. The molecule has 0 bridgehead atoms. The first-order valence-electron chi connectivity index (χ1n) is 6.95. The lowest BCUT2D eigenvalue weighted by Crippen LogP contribution is -2.26. The fourth-order valence-corrected chi connectivity index (χ4v) is 3.23. The quantitative estimate of drug-likeness (QED) is 0.855. The van der Waals surface area contributed by atoms with Gasteiger partial charge in [0.1, 0.15) is 5.76 Å². The summed E-state index contributed by atoms with van der Waals surface area (Å²) in [4.78, 5) is 4.54. The molecule has 94 valence electrons. The summed E-state index contributed by atoms with van der Waals surface area (Å²) >= 11 is 0. The van der Waals surface area contributed by atoms with Crippen LogP contribution in [0.4, 0.5) is 0 Å². The average Bonchev–Trinajstić information content (AvgIpc) is 2.99. The highest BCUT2D eigenvalue weighted by molar-refractivity contribution is 5.13. The monoisotopic (exact) mass is 234 g/mol. The summed E-state index contributed by atoms with van der Waals surface area (Å²) in [5.41, 5.74) is 0.262. The highest BCUT2D eigenvalue weighted by Gasteiger charge is 2.34. The molecule has 0 atom stereocenters. The summed E-state index contributed by atoms with van der Waals surface area (Å²) in [5, 5.41) is 3.38. The Hall–Kier alpha value is -0.830. The maximum atomic E-state index is 6.07. The van der Waals surface area contributed by atoms with Crippen LogP contribution in [0.25, 0.3) is 0 Å². The Labute approximate surface area is 103 Å². The van der Waals surface area contributed by atoms with Gasteiger partial charge in [-0.1, -0.05) is 19.8 Å². The minimum absolute atomic E-state index is 0.262. The Morgan fingerprint density at radius 2 is 2.00 bits per heavy atom. The highest BCUT2D eigenvalue weighted by atomic mass is 16.4. The van der Waals surface area contributed by atoms with E-state index in [1.54, 1.807) is 0 Å². The largest absolute Gasteiger partial charge is 0.445 e. The van der Waals surface area contributed by atoms with Crippen LogP contribution in [-0.2, 0) is 5.41 Å². The van der Waals surface area contributed by atoms with Crippen molar-refractivity contribution in [3.63, 3.8) is 0 Å². The highest BCUT2D eigenvalue weighted by Crippen LogP contribution is 2.41. The lowest BCUT2D eigenvalue weighted by atomic mass is 9.87. The number of rotatable bonds is 2. The molecule has 2 fully saturated rings. The van der Waals surface area contributed by atoms with Gasteiger partial charge in [0.15, 0.2) is 5.89 Å². The molecular weight excluding hydrogens is 212 g/mol. The van der Waals surface area contributed by atoms with E-state index in [1.807, 2.05) is 6.20 Å². The first-order chi connectivity index (χ1) is 8.28. The molecule has 17 heavy (non-hydrogen) atoms. The maximum Gasteiger partial charge on any atom is 0.197 e. The molecule has 3 rings (SSSR count). The number of nitrogens with one attached hydrogen (secondary N) is 1. The Bertz CT molecular complexity index is 373. The topological polar surface area (TPSA) is 38.1 Å².